The first kappa shape index (κ1) is 14.8. The number of benzene rings is 1. The van der Waals surface area contributed by atoms with E-state index in [1.165, 1.54) is 25.7 Å². The van der Waals surface area contributed by atoms with Gasteiger partial charge in [0.15, 0.2) is 5.17 Å². The van der Waals surface area contributed by atoms with E-state index in [0.29, 0.717) is 0 Å². The summed E-state index contributed by atoms with van der Waals surface area (Å²) in [4.78, 5) is 5.03. The number of hydrogen-bond acceptors (Lipinski definition) is 4. The van der Waals surface area contributed by atoms with Crippen LogP contribution in [0, 0.1) is 12.8 Å². The van der Waals surface area contributed by atoms with Crippen molar-refractivity contribution in [1.29, 1.82) is 0 Å². The summed E-state index contributed by atoms with van der Waals surface area (Å²) in [5.74, 6) is 2.87. The first-order valence-corrected chi connectivity index (χ1v) is 8.73. The molecule has 1 fully saturated rings. The van der Waals surface area contributed by atoms with Gasteiger partial charge >= 0.3 is 0 Å². The highest BCUT2D eigenvalue weighted by Gasteiger charge is 2.39. The number of hydrogen-bond donors (Lipinski definition) is 1. The first-order valence-electron chi connectivity index (χ1n) is 7.74. The Balaban J connectivity index is 1.72. The van der Waals surface area contributed by atoms with Gasteiger partial charge in [0.1, 0.15) is 5.75 Å². The van der Waals surface area contributed by atoms with Crippen LogP contribution in [0.15, 0.2) is 23.2 Å². The fraction of sp³-hybridized carbons (Fsp3) is 0.588. The number of ether oxygens (including phenoxy) is 1. The molecule has 2 atom stereocenters. The van der Waals surface area contributed by atoms with E-state index >= 15 is 0 Å². The van der Waals surface area contributed by atoms with Gasteiger partial charge in [-0.05, 0) is 49.4 Å². The zero-order chi connectivity index (χ0) is 14.9. The lowest BCUT2D eigenvalue weighted by atomic mass is 9.78. The molecule has 114 valence electrons. The summed E-state index contributed by atoms with van der Waals surface area (Å²) in [6.45, 7) is 4.43. The second kappa shape index (κ2) is 5.91. The van der Waals surface area contributed by atoms with E-state index in [0.717, 1.165) is 33.8 Å². The van der Waals surface area contributed by atoms with Gasteiger partial charge in [0.25, 0.3) is 0 Å². The van der Waals surface area contributed by atoms with Gasteiger partial charge < -0.3 is 10.1 Å². The fourth-order valence-electron chi connectivity index (χ4n) is 3.49. The molecule has 1 aliphatic carbocycles. The van der Waals surface area contributed by atoms with Crippen LogP contribution in [0.5, 0.6) is 5.75 Å². The Hall–Kier alpha value is -1.16. The van der Waals surface area contributed by atoms with E-state index in [1.807, 2.05) is 17.8 Å². The predicted molar refractivity (Wildman–Crippen MR) is 91.6 cm³/mol. The van der Waals surface area contributed by atoms with E-state index in [4.69, 9.17) is 9.73 Å². The Morgan fingerprint density at radius 3 is 3.00 bits per heavy atom. The average Bonchev–Trinajstić information content (AvgIpc) is 2.81. The van der Waals surface area contributed by atoms with Crippen LogP contribution < -0.4 is 10.1 Å². The van der Waals surface area contributed by atoms with Crippen LogP contribution in [0.4, 0.5) is 5.69 Å². The minimum absolute atomic E-state index is 0.201. The number of aryl methyl sites for hydroxylation is 1. The molecule has 1 saturated carbocycles. The zero-order valence-electron chi connectivity index (χ0n) is 13.1. The van der Waals surface area contributed by atoms with Crippen molar-refractivity contribution < 1.29 is 4.74 Å². The SMILES string of the molecule is COc1ccc(NC2=NC3(CCCC(C)C3)CS2)cc1C. The molecular formula is C17H24N2OS. The number of thioether (sulfide) groups is 1. The molecule has 1 aliphatic heterocycles. The van der Waals surface area contributed by atoms with Gasteiger partial charge in [-0.15, -0.1) is 0 Å². The maximum Gasteiger partial charge on any atom is 0.161 e. The van der Waals surface area contributed by atoms with Crippen LogP contribution in [-0.4, -0.2) is 23.6 Å². The Morgan fingerprint density at radius 1 is 1.43 bits per heavy atom. The third-order valence-electron chi connectivity index (χ3n) is 4.53. The van der Waals surface area contributed by atoms with Crippen LogP contribution >= 0.6 is 11.8 Å². The second-order valence-electron chi connectivity index (χ2n) is 6.44. The molecule has 1 spiro atoms. The van der Waals surface area contributed by atoms with Gasteiger partial charge in [-0.2, -0.15) is 0 Å². The quantitative estimate of drug-likeness (QED) is 0.875. The third kappa shape index (κ3) is 3.20. The van der Waals surface area contributed by atoms with E-state index in [9.17, 15) is 0 Å². The number of aliphatic imine (C=N–C) groups is 1. The van der Waals surface area contributed by atoms with Gasteiger partial charge in [0.2, 0.25) is 0 Å². The van der Waals surface area contributed by atoms with Gasteiger partial charge in [-0.3, -0.25) is 4.99 Å². The van der Waals surface area contributed by atoms with Crippen LogP contribution in [0.3, 0.4) is 0 Å². The lowest BCUT2D eigenvalue weighted by molar-refractivity contribution is 0.266. The summed E-state index contributed by atoms with van der Waals surface area (Å²) in [5, 5.41) is 4.55. The van der Waals surface area contributed by atoms with Gasteiger partial charge in [0.05, 0.1) is 12.6 Å². The highest BCUT2D eigenvalue weighted by atomic mass is 32.2. The molecule has 0 amide bonds. The fourth-order valence-corrected chi connectivity index (χ4v) is 4.67. The monoisotopic (exact) mass is 304 g/mol. The third-order valence-corrected chi connectivity index (χ3v) is 5.68. The summed E-state index contributed by atoms with van der Waals surface area (Å²) in [6.07, 6.45) is 5.17. The summed E-state index contributed by atoms with van der Waals surface area (Å²) in [6, 6.07) is 6.19. The summed E-state index contributed by atoms with van der Waals surface area (Å²) >= 11 is 1.87. The standard InChI is InChI=1S/C17H24N2OS/c1-12-5-4-8-17(10-12)11-21-16(19-17)18-14-6-7-15(20-3)13(2)9-14/h6-7,9,12H,4-5,8,10-11H2,1-3H3,(H,18,19). The molecule has 0 aromatic heterocycles. The van der Waals surface area contributed by atoms with Crippen molar-refractivity contribution in [1.82, 2.24) is 0 Å². The summed E-state index contributed by atoms with van der Waals surface area (Å²) in [5.41, 5.74) is 2.44. The topological polar surface area (TPSA) is 33.6 Å². The van der Waals surface area contributed by atoms with Crippen molar-refractivity contribution >= 4 is 22.6 Å². The second-order valence-corrected chi connectivity index (χ2v) is 7.40. The largest absolute Gasteiger partial charge is 0.496 e. The van der Waals surface area contributed by atoms with Crippen molar-refractivity contribution in [3.05, 3.63) is 23.8 Å². The minimum atomic E-state index is 0.201. The molecule has 1 N–H and O–H groups in total. The number of nitrogens with zero attached hydrogens (tertiary/aromatic N) is 1. The molecule has 3 nitrogen and oxygen atoms in total. The predicted octanol–water partition coefficient (Wildman–Crippen LogP) is 4.47. The normalized spacial score (nSPS) is 28.5. The molecule has 21 heavy (non-hydrogen) atoms. The van der Waals surface area contributed by atoms with Crippen molar-refractivity contribution in [2.24, 2.45) is 10.9 Å². The Kier molecular flexibility index (Phi) is 4.16. The van der Waals surface area contributed by atoms with E-state index in [2.05, 4.69) is 31.3 Å². The van der Waals surface area contributed by atoms with Crippen LogP contribution in [-0.2, 0) is 0 Å². The van der Waals surface area contributed by atoms with Crippen LogP contribution in [0.2, 0.25) is 0 Å². The van der Waals surface area contributed by atoms with Crippen molar-refractivity contribution in [2.45, 2.75) is 45.1 Å². The molecule has 0 radical (unpaired) electrons. The van der Waals surface area contributed by atoms with E-state index in [1.54, 1.807) is 7.11 Å². The van der Waals surface area contributed by atoms with E-state index in [-0.39, 0.29) is 5.54 Å². The Labute approximate surface area is 131 Å². The lowest BCUT2D eigenvalue weighted by Gasteiger charge is -2.33. The van der Waals surface area contributed by atoms with Crippen molar-refractivity contribution in [2.75, 3.05) is 18.2 Å². The summed E-state index contributed by atoms with van der Waals surface area (Å²) in [7, 11) is 1.71. The molecule has 0 bridgehead atoms. The van der Waals surface area contributed by atoms with Crippen LogP contribution in [0.25, 0.3) is 0 Å². The van der Waals surface area contributed by atoms with Crippen molar-refractivity contribution in [3.8, 4) is 5.75 Å². The highest BCUT2D eigenvalue weighted by Crippen LogP contribution is 2.42. The molecular weight excluding hydrogens is 280 g/mol. The molecule has 0 saturated heterocycles. The molecule has 1 heterocycles. The molecule has 2 unspecified atom stereocenters. The van der Waals surface area contributed by atoms with Gasteiger partial charge in [-0.25, -0.2) is 0 Å². The molecule has 2 aliphatic rings. The molecule has 3 rings (SSSR count). The maximum absolute atomic E-state index is 5.31. The lowest BCUT2D eigenvalue weighted by Crippen LogP contribution is -2.33. The van der Waals surface area contributed by atoms with Gasteiger partial charge in [0, 0.05) is 11.4 Å². The molecule has 1 aromatic carbocycles. The maximum atomic E-state index is 5.31. The summed E-state index contributed by atoms with van der Waals surface area (Å²) < 4.78 is 5.31. The van der Waals surface area contributed by atoms with E-state index < -0.39 is 0 Å². The molecule has 4 heteroatoms. The minimum Gasteiger partial charge on any atom is -0.496 e. The Bertz CT molecular complexity index is 558. The van der Waals surface area contributed by atoms with Crippen LogP contribution in [0.1, 0.15) is 38.2 Å². The Morgan fingerprint density at radius 2 is 2.29 bits per heavy atom. The number of methoxy groups -OCH3 is 1. The first-order chi connectivity index (χ1) is 10.1. The zero-order valence-corrected chi connectivity index (χ0v) is 13.9. The number of rotatable bonds is 2. The highest BCUT2D eigenvalue weighted by molar-refractivity contribution is 8.14. The number of amidine groups is 1. The number of anilines is 1. The van der Waals surface area contributed by atoms with Crippen molar-refractivity contribution in [3.63, 3.8) is 0 Å². The number of nitrogens with one attached hydrogen (secondary N) is 1. The smallest absolute Gasteiger partial charge is 0.161 e. The van der Waals surface area contributed by atoms with Gasteiger partial charge in [-0.1, -0.05) is 31.5 Å². The molecule has 1 aromatic rings. The average molecular weight is 304 g/mol.